The fourth-order valence-corrected chi connectivity index (χ4v) is 2.99. The smallest absolute Gasteiger partial charge is 0.269 e. The van der Waals surface area contributed by atoms with Gasteiger partial charge < -0.3 is 10.1 Å². The third-order valence-electron chi connectivity index (χ3n) is 4.88. The van der Waals surface area contributed by atoms with Crippen molar-refractivity contribution in [2.45, 2.75) is 13.8 Å². The fourth-order valence-electron chi connectivity index (χ4n) is 2.99. The molecule has 3 aromatic rings. The lowest BCUT2D eigenvalue weighted by atomic mass is 10.0. The van der Waals surface area contributed by atoms with Gasteiger partial charge in [-0.15, -0.1) is 0 Å². The Morgan fingerprint density at radius 3 is 2.47 bits per heavy atom. The first-order chi connectivity index (χ1) is 15.4. The average molecular weight is 427 g/mol. The number of nitrogens with one attached hydrogen (secondary N) is 1. The lowest BCUT2D eigenvalue weighted by molar-refractivity contribution is -0.384. The van der Waals surface area contributed by atoms with Crippen molar-refractivity contribution in [1.29, 1.82) is 5.26 Å². The Morgan fingerprint density at radius 1 is 1.09 bits per heavy atom. The van der Waals surface area contributed by atoms with Crippen LogP contribution in [0, 0.1) is 35.3 Å². The summed E-state index contributed by atoms with van der Waals surface area (Å²) in [5.74, 6) is 0.139. The molecule has 3 aromatic carbocycles. The van der Waals surface area contributed by atoms with Gasteiger partial charge in [0.15, 0.2) is 6.61 Å². The number of aryl methyl sites for hydroxylation is 2. The Bertz CT molecular complexity index is 1220. The van der Waals surface area contributed by atoms with Crippen LogP contribution in [-0.2, 0) is 4.79 Å². The van der Waals surface area contributed by atoms with Crippen LogP contribution < -0.4 is 10.1 Å². The number of hydrogen-bond donors (Lipinski definition) is 1. The van der Waals surface area contributed by atoms with Gasteiger partial charge >= 0.3 is 0 Å². The zero-order valence-corrected chi connectivity index (χ0v) is 17.7. The minimum atomic E-state index is -0.494. The van der Waals surface area contributed by atoms with Gasteiger partial charge in [0.05, 0.1) is 16.6 Å². The van der Waals surface area contributed by atoms with E-state index in [0.29, 0.717) is 28.1 Å². The molecule has 0 aromatic heterocycles. The molecule has 0 atom stereocenters. The highest BCUT2D eigenvalue weighted by molar-refractivity contribution is 5.93. The van der Waals surface area contributed by atoms with Crippen molar-refractivity contribution in [2.75, 3.05) is 11.9 Å². The van der Waals surface area contributed by atoms with E-state index in [2.05, 4.69) is 11.4 Å². The monoisotopic (exact) mass is 427 g/mol. The standard InChI is InChI=1S/C25H21N3O4/c1-17-7-10-22(13-18(17)2)27-25(29)16-32-24-6-4-3-5-20(24)14-21(15-26)19-8-11-23(12-9-19)28(30)31/h3-14H,16H2,1-2H3,(H,27,29). The number of nitro benzene ring substituents is 1. The summed E-state index contributed by atoms with van der Waals surface area (Å²) in [5, 5.41) is 23.2. The summed E-state index contributed by atoms with van der Waals surface area (Å²) >= 11 is 0. The Morgan fingerprint density at radius 2 is 1.81 bits per heavy atom. The first-order valence-corrected chi connectivity index (χ1v) is 9.83. The molecule has 0 bridgehead atoms. The first-order valence-electron chi connectivity index (χ1n) is 9.83. The van der Waals surface area contributed by atoms with Crippen molar-refractivity contribution in [3.8, 4) is 11.8 Å². The topological polar surface area (TPSA) is 105 Å². The molecule has 1 N–H and O–H groups in total. The number of amides is 1. The molecule has 0 saturated carbocycles. The van der Waals surface area contributed by atoms with E-state index in [1.54, 1.807) is 30.3 Å². The lowest BCUT2D eigenvalue weighted by Crippen LogP contribution is -2.20. The molecule has 0 aliphatic heterocycles. The van der Waals surface area contributed by atoms with Gasteiger partial charge in [-0.25, -0.2) is 0 Å². The van der Waals surface area contributed by atoms with Crippen molar-refractivity contribution < 1.29 is 14.5 Å². The maximum absolute atomic E-state index is 12.3. The van der Waals surface area contributed by atoms with E-state index in [0.717, 1.165) is 11.1 Å². The number of benzene rings is 3. The predicted molar refractivity (Wildman–Crippen MR) is 123 cm³/mol. The van der Waals surface area contributed by atoms with Gasteiger partial charge in [0.2, 0.25) is 0 Å². The lowest BCUT2D eigenvalue weighted by Gasteiger charge is -2.11. The number of non-ortho nitro benzene ring substituents is 1. The van der Waals surface area contributed by atoms with E-state index in [1.807, 2.05) is 32.0 Å². The van der Waals surface area contributed by atoms with Crippen LogP contribution in [0.2, 0.25) is 0 Å². The summed E-state index contributed by atoms with van der Waals surface area (Å²) in [7, 11) is 0. The van der Waals surface area contributed by atoms with Gasteiger partial charge in [0.1, 0.15) is 5.75 Å². The van der Waals surface area contributed by atoms with E-state index >= 15 is 0 Å². The minimum absolute atomic E-state index is 0.0513. The zero-order valence-electron chi connectivity index (χ0n) is 17.7. The third-order valence-corrected chi connectivity index (χ3v) is 4.88. The van der Waals surface area contributed by atoms with Crippen LogP contribution in [0.4, 0.5) is 11.4 Å². The highest BCUT2D eigenvalue weighted by atomic mass is 16.6. The van der Waals surface area contributed by atoms with Crippen LogP contribution >= 0.6 is 0 Å². The number of carbonyl (C=O) groups excluding carboxylic acids is 1. The van der Waals surface area contributed by atoms with Crippen molar-refractivity contribution in [3.05, 3.63) is 99.1 Å². The molecule has 0 unspecified atom stereocenters. The molecule has 32 heavy (non-hydrogen) atoms. The molecule has 160 valence electrons. The number of nitrogens with zero attached hydrogens (tertiary/aromatic N) is 2. The van der Waals surface area contributed by atoms with Crippen LogP contribution in [0.1, 0.15) is 22.3 Å². The van der Waals surface area contributed by atoms with Crippen molar-refractivity contribution in [1.82, 2.24) is 0 Å². The number of carbonyl (C=O) groups is 1. The van der Waals surface area contributed by atoms with Crippen LogP contribution in [0.3, 0.4) is 0 Å². The molecule has 0 spiro atoms. The molecule has 0 saturated heterocycles. The van der Waals surface area contributed by atoms with Crippen LogP contribution in [0.25, 0.3) is 11.6 Å². The number of allylic oxidation sites excluding steroid dienone is 1. The Kier molecular flexibility index (Phi) is 6.99. The number of hydrogen-bond acceptors (Lipinski definition) is 5. The molecule has 0 radical (unpaired) electrons. The second-order valence-corrected chi connectivity index (χ2v) is 7.15. The second-order valence-electron chi connectivity index (χ2n) is 7.15. The minimum Gasteiger partial charge on any atom is -0.483 e. The Labute approximate surface area is 185 Å². The van der Waals surface area contributed by atoms with E-state index in [-0.39, 0.29) is 18.2 Å². The Balaban J connectivity index is 1.74. The van der Waals surface area contributed by atoms with Crippen LogP contribution in [0.5, 0.6) is 5.75 Å². The maximum atomic E-state index is 12.3. The van der Waals surface area contributed by atoms with Gasteiger partial charge in [-0.05, 0) is 66.9 Å². The summed E-state index contributed by atoms with van der Waals surface area (Å²) in [5.41, 5.74) is 4.33. The molecule has 1 amide bonds. The summed E-state index contributed by atoms with van der Waals surface area (Å²) in [6, 6.07) is 20.5. The molecule has 0 fully saturated rings. The van der Waals surface area contributed by atoms with E-state index < -0.39 is 4.92 Å². The second kappa shape index (κ2) is 10.0. The molecule has 3 rings (SSSR count). The molecule has 7 nitrogen and oxygen atoms in total. The summed E-state index contributed by atoms with van der Waals surface area (Å²) in [6.45, 7) is 3.78. The van der Waals surface area contributed by atoms with Crippen molar-refractivity contribution >= 4 is 28.9 Å². The number of ether oxygens (including phenoxy) is 1. The summed E-state index contributed by atoms with van der Waals surface area (Å²) < 4.78 is 5.70. The molecule has 7 heteroatoms. The Hall–Kier alpha value is -4.44. The zero-order chi connectivity index (χ0) is 23.1. The van der Waals surface area contributed by atoms with Crippen LogP contribution in [0.15, 0.2) is 66.7 Å². The van der Waals surface area contributed by atoms with E-state index in [9.17, 15) is 20.2 Å². The average Bonchev–Trinajstić information content (AvgIpc) is 2.79. The fraction of sp³-hybridized carbons (Fsp3) is 0.120. The number of nitriles is 1. The SMILES string of the molecule is Cc1ccc(NC(=O)COc2ccccc2C=C(C#N)c2ccc([N+](=O)[O-])cc2)cc1C. The largest absolute Gasteiger partial charge is 0.483 e. The highest BCUT2D eigenvalue weighted by Gasteiger charge is 2.10. The van der Waals surface area contributed by atoms with Gasteiger partial charge in [-0.2, -0.15) is 5.26 Å². The van der Waals surface area contributed by atoms with E-state index in [4.69, 9.17) is 4.74 Å². The summed E-state index contributed by atoms with van der Waals surface area (Å²) in [6.07, 6.45) is 1.62. The van der Waals surface area contributed by atoms with E-state index in [1.165, 1.54) is 24.3 Å². The number of rotatable bonds is 7. The predicted octanol–water partition coefficient (Wildman–Crippen LogP) is 5.29. The van der Waals surface area contributed by atoms with Gasteiger partial charge in [0.25, 0.3) is 11.6 Å². The van der Waals surface area contributed by atoms with Gasteiger partial charge in [-0.1, -0.05) is 24.3 Å². The number of para-hydroxylation sites is 1. The quantitative estimate of drug-likeness (QED) is 0.239. The molecular formula is C25H21N3O4. The van der Waals surface area contributed by atoms with Crippen LogP contribution in [-0.4, -0.2) is 17.4 Å². The van der Waals surface area contributed by atoms with Crippen molar-refractivity contribution in [2.24, 2.45) is 0 Å². The molecular weight excluding hydrogens is 406 g/mol. The first kappa shape index (κ1) is 22.2. The number of nitro groups is 1. The van der Waals surface area contributed by atoms with Gasteiger partial charge in [0, 0.05) is 23.4 Å². The third kappa shape index (κ3) is 5.58. The summed E-state index contributed by atoms with van der Waals surface area (Å²) in [4.78, 5) is 22.7. The molecule has 0 aliphatic carbocycles. The van der Waals surface area contributed by atoms with Gasteiger partial charge in [-0.3, -0.25) is 14.9 Å². The van der Waals surface area contributed by atoms with Crippen molar-refractivity contribution in [3.63, 3.8) is 0 Å². The normalized spacial score (nSPS) is 10.8. The molecule has 0 heterocycles. The number of anilines is 1. The maximum Gasteiger partial charge on any atom is 0.269 e. The molecule has 0 aliphatic rings. The highest BCUT2D eigenvalue weighted by Crippen LogP contribution is 2.26.